The van der Waals surface area contributed by atoms with Gasteiger partial charge in [0, 0.05) is 38.6 Å². The molecule has 0 aliphatic carbocycles. The minimum atomic E-state index is 0.0348. The third-order valence-corrected chi connectivity index (χ3v) is 5.06. The Labute approximate surface area is 142 Å². The van der Waals surface area contributed by atoms with E-state index >= 15 is 0 Å². The maximum absolute atomic E-state index is 6.13. The SMILES string of the molecule is c1ccc(CN2CC3(C2)OCC[C@@H]3CCOc2cccnc2)nc1. The summed E-state index contributed by atoms with van der Waals surface area (Å²) < 4.78 is 11.9. The Morgan fingerprint density at radius 3 is 2.96 bits per heavy atom. The second-order valence-corrected chi connectivity index (χ2v) is 6.69. The fraction of sp³-hybridized carbons (Fsp3) is 0.474. The van der Waals surface area contributed by atoms with Gasteiger partial charge in [-0.1, -0.05) is 6.07 Å². The van der Waals surface area contributed by atoms with E-state index in [0.717, 1.165) is 57.1 Å². The molecule has 0 bridgehead atoms. The number of aromatic nitrogens is 2. The van der Waals surface area contributed by atoms with E-state index in [1.54, 1.807) is 12.4 Å². The van der Waals surface area contributed by atoms with Gasteiger partial charge in [-0.3, -0.25) is 14.9 Å². The highest BCUT2D eigenvalue weighted by molar-refractivity contribution is 5.15. The zero-order valence-corrected chi connectivity index (χ0v) is 13.8. The third kappa shape index (κ3) is 3.28. The minimum absolute atomic E-state index is 0.0348. The third-order valence-electron chi connectivity index (χ3n) is 5.06. The summed E-state index contributed by atoms with van der Waals surface area (Å²) in [5, 5.41) is 0. The topological polar surface area (TPSA) is 47.5 Å². The summed E-state index contributed by atoms with van der Waals surface area (Å²) in [6.45, 7) is 4.50. The summed E-state index contributed by atoms with van der Waals surface area (Å²) >= 11 is 0. The molecule has 5 nitrogen and oxygen atoms in total. The summed E-state index contributed by atoms with van der Waals surface area (Å²) in [5.41, 5.74) is 1.16. The number of likely N-dealkylation sites (tertiary alicyclic amines) is 1. The van der Waals surface area contributed by atoms with E-state index in [4.69, 9.17) is 9.47 Å². The molecule has 0 unspecified atom stereocenters. The largest absolute Gasteiger partial charge is 0.492 e. The molecule has 2 aliphatic rings. The standard InChI is InChI=1S/C19H23N3O2/c1-2-9-21-17(4-1)13-22-14-19(15-22)16(7-11-24-19)6-10-23-18-5-3-8-20-12-18/h1-5,8-9,12,16H,6-7,10-11,13-15H2/t16-/m0/s1. The molecule has 2 aliphatic heterocycles. The first-order valence-corrected chi connectivity index (χ1v) is 8.63. The van der Waals surface area contributed by atoms with Crippen LogP contribution in [0.1, 0.15) is 18.5 Å². The number of rotatable bonds is 6. The molecule has 1 atom stereocenters. The van der Waals surface area contributed by atoms with Crippen LogP contribution in [0.25, 0.3) is 0 Å². The monoisotopic (exact) mass is 325 g/mol. The van der Waals surface area contributed by atoms with Gasteiger partial charge >= 0.3 is 0 Å². The average molecular weight is 325 g/mol. The molecule has 2 aromatic heterocycles. The lowest BCUT2D eigenvalue weighted by Crippen LogP contribution is -2.64. The van der Waals surface area contributed by atoms with Crippen LogP contribution in [0.5, 0.6) is 5.75 Å². The minimum Gasteiger partial charge on any atom is -0.492 e. The average Bonchev–Trinajstić information content (AvgIpc) is 3.00. The van der Waals surface area contributed by atoms with E-state index in [-0.39, 0.29) is 5.60 Å². The summed E-state index contributed by atoms with van der Waals surface area (Å²) in [6, 6.07) is 9.94. The Bertz CT molecular complexity index is 644. The molecule has 4 rings (SSSR count). The summed E-state index contributed by atoms with van der Waals surface area (Å²) in [6.07, 6.45) is 7.55. The molecule has 126 valence electrons. The number of hydrogen-bond donors (Lipinski definition) is 0. The van der Waals surface area contributed by atoms with Crippen LogP contribution in [0.3, 0.4) is 0 Å². The van der Waals surface area contributed by atoms with Crippen molar-refractivity contribution in [1.82, 2.24) is 14.9 Å². The van der Waals surface area contributed by atoms with E-state index in [0.29, 0.717) is 5.92 Å². The van der Waals surface area contributed by atoms with Crippen molar-refractivity contribution in [2.24, 2.45) is 5.92 Å². The van der Waals surface area contributed by atoms with Gasteiger partial charge in [0.15, 0.2) is 0 Å². The number of nitrogens with zero attached hydrogens (tertiary/aromatic N) is 3. The molecule has 0 N–H and O–H groups in total. The molecule has 0 aromatic carbocycles. The van der Waals surface area contributed by atoms with Crippen molar-refractivity contribution in [1.29, 1.82) is 0 Å². The van der Waals surface area contributed by atoms with Crippen molar-refractivity contribution < 1.29 is 9.47 Å². The van der Waals surface area contributed by atoms with Gasteiger partial charge in [-0.15, -0.1) is 0 Å². The van der Waals surface area contributed by atoms with Gasteiger partial charge in [-0.2, -0.15) is 0 Å². The van der Waals surface area contributed by atoms with E-state index in [1.165, 1.54) is 0 Å². The van der Waals surface area contributed by atoms with Crippen molar-refractivity contribution in [3.05, 3.63) is 54.6 Å². The number of ether oxygens (including phenoxy) is 2. The van der Waals surface area contributed by atoms with Crippen LogP contribution in [-0.2, 0) is 11.3 Å². The van der Waals surface area contributed by atoms with Gasteiger partial charge < -0.3 is 9.47 Å². The molecule has 1 spiro atoms. The van der Waals surface area contributed by atoms with Crippen molar-refractivity contribution >= 4 is 0 Å². The van der Waals surface area contributed by atoms with Gasteiger partial charge in [0.25, 0.3) is 0 Å². The lowest BCUT2D eigenvalue weighted by Gasteiger charge is -2.50. The molecular weight excluding hydrogens is 302 g/mol. The Hall–Kier alpha value is -1.98. The van der Waals surface area contributed by atoms with Crippen LogP contribution in [-0.4, -0.2) is 46.8 Å². The van der Waals surface area contributed by atoms with Gasteiger partial charge in [0.1, 0.15) is 5.75 Å². The van der Waals surface area contributed by atoms with Crippen LogP contribution < -0.4 is 4.74 Å². The van der Waals surface area contributed by atoms with E-state index in [2.05, 4.69) is 20.9 Å². The van der Waals surface area contributed by atoms with Gasteiger partial charge in [-0.25, -0.2) is 0 Å². The van der Waals surface area contributed by atoms with Gasteiger partial charge in [-0.05, 0) is 43.0 Å². The predicted octanol–water partition coefficient (Wildman–Crippen LogP) is 2.54. The Balaban J connectivity index is 1.27. The molecule has 2 fully saturated rings. The predicted molar refractivity (Wildman–Crippen MR) is 90.7 cm³/mol. The molecule has 2 saturated heterocycles. The first-order chi connectivity index (χ1) is 11.8. The highest BCUT2D eigenvalue weighted by Gasteiger charge is 2.52. The van der Waals surface area contributed by atoms with Crippen molar-refractivity contribution in [3.63, 3.8) is 0 Å². The van der Waals surface area contributed by atoms with Gasteiger partial charge in [0.05, 0.1) is 24.1 Å². The maximum atomic E-state index is 6.13. The molecule has 4 heterocycles. The van der Waals surface area contributed by atoms with E-state index in [9.17, 15) is 0 Å². The normalized spacial score (nSPS) is 22.4. The Morgan fingerprint density at radius 2 is 2.17 bits per heavy atom. The van der Waals surface area contributed by atoms with Crippen LogP contribution in [0, 0.1) is 5.92 Å². The summed E-state index contributed by atoms with van der Waals surface area (Å²) in [4.78, 5) is 10.9. The first-order valence-electron chi connectivity index (χ1n) is 8.63. The second kappa shape index (κ2) is 6.87. The maximum Gasteiger partial charge on any atom is 0.137 e. The highest BCUT2D eigenvalue weighted by atomic mass is 16.5. The zero-order valence-electron chi connectivity index (χ0n) is 13.8. The first kappa shape index (κ1) is 15.5. The fourth-order valence-electron chi connectivity index (χ4n) is 3.84. The summed E-state index contributed by atoms with van der Waals surface area (Å²) in [7, 11) is 0. The second-order valence-electron chi connectivity index (χ2n) is 6.69. The molecule has 0 amide bonds. The van der Waals surface area contributed by atoms with Crippen LogP contribution in [0.15, 0.2) is 48.9 Å². The number of pyridine rings is 2. The van der Waals surface area contributed by atoms with Crippen molar-refractivity contribution in [2.45, 2.75) is 25.0 Å². The van der Waals surface area contributed by atoms with E-state index < -0.39 is 0 Å². The molecule has 0 saturated carbocycles. The molecule has 2 aromatic rings. The number of hydrogen-bond acceptors (Lipinski definition) is 5. The van der Waals surface area contributed by atoms with Crippen LogP contribution >= 0.6 is 0 Å². The molecular formula is C19H23N3O2. The molecule has 0 radical (unpaired) electrons. The lowest BCUT2D eigenvalue weighted by molar-refractivity contribution is -0.138. The highest BCUT2D eigenvalue weighted by Crippen LogP contribution is 2.42. The zero-order chi connectivity index (χ0) is 16.2. The summed E-state index contributed by atoms with van der Waals surface area (Å²) in [5.74, 6) is 1.42. The Kier molecular flexibility index (Phi) is 4.45. The van der Waals surface area contributed by atoms with Crippen LogP contribution in [0.4, 0.5) is 0 Å². The van der Waals surface area contributed by atoms with Crippen molar-refractivity contribution in [2.75, 3.05) is 26.3 Å². The smallest absolute Gasteiger partial charge is 0.137 e. The fourth-order valence-corrected chi connectivity index (χ4v) is 3.84. The van der Waals surface area contributed by atoms with E-state index in [1.807, 2.05) is 30.5 Å². The Morgan fingerprint density at radius 1 is 1.21 bits per heavy atom. The van der Waals surface area contributed by atoms with Crippen molar-refractivity contribution in [3.8, 4) is 5.75 Å². The lowest BCUT2D eigenvalue weighted by atomic mass is 9.79. The van der Waals surface area contributed by atoms with Gasteiger partial charge in [0.2, 0.25) is 0 Å². The van der Waals surface area contributed by atoms with Crippen LogP contribution in [0.2, 0.25) is 0 Å². The molecule has 5 heteroatoms. The molecule has 24 heavy (non-hydrogen) atoms. The quantitative estimate of drug-likeness (QED) is 0.817.